The molecular weight excluding hydrogens is 306 g/mol. The molecule has 2 rings (SSSR count). The molecule has 1 unspecified atom stereocenters. The molecule has 0 spiro atoms. The maximum atomic E-state index is 12.3. The summed E-state index contributed by atoms with van der Waals surface area (Å²) in [7, 11) is -4.00. The third kappa shape index (κ3) is 3.60. The summed E-state index contributed by atoms with van der Waals surface area (Å²) >= 11 is 0. The Hall–Kier alpha value is -2.45. The molecule has 0 aliphatic rings. The van der Waals surface area contributed by atoms with Gasteiger partial charge in [0.05, 0.1) is 11.3 Å². The van der Waals surface area contributed by atoms with Crippen molar-refractivity contribution in [3.63, 3.8) is 0 Å². The average molecular weight is 321 g/mol. The lowest BCUT2D eigenvalue weighted by Crippen LogP contribution is -2.46. The van der Waals surface area contributed by atoms with E-state index in [-0.39, 0.29) is 4.90 Å². The molecular formula is C14H15N3O4S. The summed E-state index contributed by atoms with van der Waals surface area (Å²) in [6.45, 7) is 0. The normalized spacial score (nSPS) is 12.9. The number of hydrogen-bond acceptors (Lipinski definition) is 4. The molecule has 116 valence electrons. The van der Waals surface area contributed by atoms with Gasteiger partial charge in [-0.05, 0) is 22.9 Å². The topological polar surface area (TPSA) is 132 Å². The van der Waals surface area contributed by atoms with Gasteiger partial charge in [0.1, 0.15) is 6.04 Å². The molecule has 5 N–H and O–H groups in total. The Morgan fingerprint density at radius 1 is 1.05 bits per heavy atom. The van der Waals surface area contributed by atoms with E-state index in [1.165, 1.54) is 12.1 Å². The highest BCUT2D eigenvalue weighted by molar-refractivity contribution is 7.89. The van der Waals surface area contributed by atoms with Crippen LogP contribution in [0.3, 0.4) is 0 Å². The van der Waals surface area contributed by atoms with Crippen molar-refractivity contribution < 1.29 is 18.0 Å². The number of amides is 2. The van der Waals surface area contributed by atoms with Gasteiger partial charge in [-0.1, -0.05) is 30.3 Å². The zero-order chi connectivity index (χ0) is 16.3. The Morgan fingerprint density at radius 3 is 2.27 bits per heavy atom. The van der Waals surface area contributed by atoms with Gasteiger partial charge in [-0.3, -0.25) is 9.59 Å². The molecule has 7 nitrogen and oxygen atoms in total. The molecule has 0 radical (unpaired) electrons. The molecule has 0 bridgehead atoms. The zero-order valence-corrected chi connectivity index (χ0v) is 12.3. The van der Waals surface area contributed by atoms with Crippen LogP contribution in [0.25, 0.3) is 10.8 Å². The van der Waals surface area contributed by atoms with Crippen molar-refractivity contribution in [1.82, 2.24) is 4.72 Å². The number of nitrogens with one attached hydrogen (secondary N) is 1. The molecule has 2 aromatic carbocycles. The van der Waals surface area contributed by atoms with Crippen LogP contribution in [0.15, 0.2) is 47.4 Å². The lowest BCUT2D eigenvalue weighted by atomic mass is 10.1. The highest BCUT2D eigenvalue weighted by Crippen LogP contribution is 2.19. The summed E-state index contributed by atoms with van der Waals surface area (Å²) in [5.41, 5.74) is 10.1. The van der Waals surface area contributed by atoms with E-state index in [1.807, 2.05) is 12.1 Å². The zero-order valence-electron chi connectivity index (χ0n) is 11.5. The summed E-state index contributed by atoms with van der Waals surface area (Å²) in [4.78, 5) is 22.1. The predicted octanol–water partition coefficient (Wildman–Crippen LogP) is -0.153. The van der Waals surface area contributed by atoms with Gasteiger partial charge in [-0.25, -0.2) is 8.42 Å². The van der Waals surface area contributed by atoms with Crippen LogP contribution in [0.5, 0.6) is 0 Å². The number of rotatable bonds is 6. The van der Waals surface area contributed by atoms with Crippen molar-refractivity contribution >= 4 is 32.6 Å². The van der Waals surface area contributed by atoms with Crippen molar-refractivity contribution in [1.29, 1.82) is 0 Å². The molecule has 2 aromatic rings. The van der Waals surface area contributed by atoms with Crippen LogP contribution in [0.1, 0.15) is 6.42 Å². The third-order valence-corrected chi connectivity index (χ3v) is 4.55. The minimum absolute atomic E-state index is 0.0260. The second kappa shape index (κ2) is 6.12. The van der Waals surface area contributed by atoms with Crippen molar-refractivity contribution in [2.75, 3.05) is 0 Å². The molecule has 0 saturated carbocycles. The third-order valence-electron chi connectivity index (χ3n) is 3.08. The van der Waals surface area contributed by atoms with E-state index in [9.17, 15) is 18.0 Å². The molecule has 0 aromatic heterocycles. The predicted molar refractivity (Wildman–Crippen MR) is 81.1 cm³/mol. The SMILES string of the molecule is NC(=O)CC(NS(=O)(=O)c1ccc2ccccc2c1)C(N)=O. The van der Waals surface area contributed by atoms with Gasteiger partial charge in [0.2, 0.25) is 21.8 Å². The van der Waals surface area contributed by atoms with Crippen LogP contribution in [-0.2, 0) is 19.6 Å². The number of primary amides is 2. The Bertz CT molecular complexity index is 833. The maximum absolute atomic E-state index is 12.3. The first-order valence-corrected chi connectivity index (χ1v) is 7.86. The quantitative estimate of drug-likeness (QED) is 0.682. The summed E-state index contributed by atoms with van der Waals surface area (Å²) in [5.74, 6) is -1.80. The van der Waals surface area contributed by atoms with Gasteiger partial charge in [-0.2, -0.15) is 4.72 Å². The second-order valence-corrected chi connectivity index (χ2v) is 6.47. The summed E-state index contributed by atoms with van der Waals surface area (Å²) in [5, 5.41) is 1.61. The molecule has 0 heterocycles. The van der Waals surface area contributed by atoms with Crippen LogP contribution in [-0.4, -0.2) is 26.3 Å². The second-order valence-electron chi connectivity index (χ2n) is 4.76. The van der Waals surface area contributed by atoms with Crippen LogP contribution < -0.4 is 16.2 Å². The summed E-state index contributed by atoms with van der Waals surface area (Å²) in [6, 6.07) is 10.4. The molecule has 22 heavy (non-hydrogen) atoms. The van der Waals surface area contributed by atoms with Crippen LogP contribution in [0.4, 0.5) is 0 Å². The van der Waals surface area contributed by atoms with Crippen molar-refractivity contribution in [2.24, 2.45) is 11.5 Å². The molecule has 0 saturated heterocycles. The highest BCUT2D eigenvalue weighted by atomic mass is 32.2. The number of fused-ring (bicyclic) bond motifs is 1. The standard InChI is InChI=1S/C14H15N3O4S/c15-13(18)8-12(14(16)19)17-22(20,21)11-6-5-9-3-1-2-4-10(9)7-11/h1-7,12,17H,8H2,(H2,15,18)(H2,16,19). The van der Waals surface area contributed by atoms with E-state index >= 15 is 0 Å². The fraction of sp³-hybridized carbons (Fsp3) is 0.143. The number of hydrogen-bond donors (Lipinski definition) is 3. The monoisotopic (exact) mass is 321 g/mol. The smallest absolute Gasteiger partial charge is 0.241 e. The van der Waals surface area contributed by atoms with E-state index in [0.29, 0.717) is 0 Å². The van der Waals surface area contributed by atoms with Gasteiger partial charge >= 0.3 is 0 Å². The van der Waals surface area contributed by atoms with Crippen LogP contribution in [0.2, 0.25) is 0 Å². The summed E-state index contributed by atoms with van der Waals surface area (Å²) < 4.78 is 26.7. The molecule has 2 amide bonds. The first-order valence-electron chi connectivity index (χ1n) is 6.38. The summed E-state index contributed by atoms with van der Waals surface area (Å²) in [6.07, 6.45) is -0.498. The number of sulfonamides is 1. The van der Waals surface area contributed by atoms with Gasteiger partial charge in [0.15, 0.2) is 0 Å². The Kier molecular flexibility index (Phi) is 4.43. The highest BCUT2D eigenvalue weighted by Gasteiger charge is 2.25. The average Bonchev–Trinajstić information content (AvgIpc) is 2.45. The van der Waals surface area contributed by atoms with Gasteiger partial charge < -0.3 is 11.5 Å². The Morgan fingerprint density at radius 2 is 1.68 bits per heavy atom. The van der Waals surface area contributed by atoms with Gasteiger partial charge in [-0.15, -0.1) is 0 Å². The van der Waals surface area contributed by atoms with E-state index in [2.05, 4.69) is 4.72 Å². The minimum Gasteiger partial charge on any atom is -0.370 e. The molecule has 0 fully saturated rings. The fourth-order valence-electron chi connectivity index (χ4n) is 1.99. The minimum atomic E-state index is -4.00. The van der Waals surface area contributed by atoms with Crippen molar-refractivity contribution in [3.05, 3.63) is 42.5 Å². The molecule has 8 heteroatoms. The number of carbonyl (C=O) groups excluding carboxylic acids is 2. The Balaban J connectivity index is 2.34. The molecule has 0 aliphatic heterocycles. The van der Waals surface area contributed by atoms with Gasteiger partial charge in [0, 0.05) is 0 Å². The lowest BCUT2D eigenvalue weighted by Gasteiger charge is -2.14. The molecule has 1 atom stereocenters. The fourth-order valence-corrected chi connectivity index (χ4v) is 3.23. The number of carbonyl (C=O) groups is 2. The van der Waals surface area contributed by atoms with Crippen molar-refractivity contribution in [3.8, 4) is 0 Å². The van der Waals surface area contributed by atoms with E-state index in [4.69, 9.17) is 11.5 Å². The van der Waals surface area contributed by atoms with Gasteiger partial charge in [0.25, 0.3) is 0 Å². The molecule has 0 aliphatic carbocycles. The van der Waals surface area contributed by atoms with E-state index in [0.717, 1.165) is 10.8 Å². The first-order chi connectivity index (χ1) is 10.3. The van der Waals surface area contributed by atoms with Crippen LogP contribution >= 0.6 is 0 Å². The first kappa shape index (κ1) is 15.9. The van der Waals surface area contributed by atoms with Crippen LogP contribution in [0, 0.1) is 0 Å². The van der Waals surface area contributed by atoms with E-state index in [1.54, 1.807) is 18.2 Å². The largest absolute Gasteiger partial charge is 0.370 e. The lowest BCUT2D eigenvalue weighted by molar-refractivity contribution is -0.124. The van der Waals surface area contributed by atoms with E-state index < -0.39 is 34.3 Å². The number of nitrogens with two attached hydrogens (primary N) is 2. The van der Waals surface area contributed by atoms with Crippen molar-refractivity contribution in [2.45, 2.75) is 17.4 Å². The maximum Gasteiger partial charge on any atom is 0.241 e. The number of benzene rings is 2. The Labute approximate surface area is 127 Å².